The number of anilines is 1. The summed E-state index contributed by atoms with van der Waals surface area (Å²) in [6.45, 7) is 2.01. The standard InChI is InChI=1S/C22H19N3O4S/c1-14-6-8-17-20(11-14)30-22(24-17)25(23-13-16-5-4-10-29-16)21(26)15-7-9-18(27-2)19(12-15)28-3/h4-13H,1-3H3/b23-13+. The molecule has 30 heavy (non-hydrogen) atoms. The van der Waals surface area contributed by atoms with Crippen molar-refractivity contribution >= 4 is 38.8 Å². The number of fused-ring (bicyclic) bond motifs is 1. The third-order valence-electron chi connectivity index (χ3n) is 4.38. The van der Waals surface area contributed by atoms with Gasteiger partial charge in [0.2, 0.25) is 5.13 Å². The van der Waals surface area contributed by atoms with Gasteiger partial charge in [0, 0.05) is 5.56 Å². The molecule has 0 saturated carbocycles. The van der Waals surface area contributed by atoms with Crippen molar-refractivity contribution in [3.05, 3.63) is 71.7 Å². The normalized spacial score (nSPS) is 11.2. The molecule has 0 aliphatic rings. The van der Waals surface area contributed by atoms with E-state index in [0.29, 0.717) is 28.0 Å². The highest BCUT2D eigenvalue weighted by molar-refractivity contribution is 7.22. The van der Waals surface area contributed by atoms with E-state index in [2.05, 4.69) is 10.1 Å². The lowest BCUT2D eigenvalue weighted by Gasteiger charge is -2.15. The first-order valence-electron chi connectivity index (χ1n) is 9.10. The molecular formula is C22H19N3O4S. The molecule has 0 spiro atoms. The monoisotopic (exact) mass is 421 g/mol. The topological polar surface area (TPSA) is 77.2 Å². The second kappa shape index (κ2) is 8.38. The van der Waals surface area contributed by atoms with E-state index in [9.17, 15) is 4.79 Å². The van der Waals surface area contributed by atoms with Crippen LogP contribution >= 0.6 is 11.3 Å². The third-order valence-corrected chi connectivity index (χ3v) is 5.37. The fourth-order valence-corrected chi connectivity index (χ4v) is 3.89. The summed E-state index contributed by atoms with van der Waals surface area (Å²) in [5, 5.41) is 6.09. The van der Waals surface area contributed by atoms with Crippen LogP contribution in [0.1, 0.15) is 21.7 Å². The second-order valence-corrected chi connectivity index (χ2v) is 7.42. The number of hydrogen-bond donors (Lipinski definition) is 0. The smallest absolute Gasteiger partial charge is 0.280 e. The van der Waals surface area contributed by atoms with Gasteiger partial charge in [-0.3, -0.25) is 4.79 Å². The third kappa shape index (κ3) is 3.90. The Bertz CT molecular complexity index is 1210. The van der Waals surface area contributed by atoms with Crippen LogP contribution in [-0.2, 0) is 0 Å². The lowest BCUT2D eigenvalue weighted by molar-refractivity contribution is 0.0987. The molecule has 4 aromatic rings. The van der Waals surface area contributed by atoms with E-state index >= 15 is 0 Å². The van der Waals surface area contributed by atoms with Crippen molar-refractivity contribution in [3.8, 4) is 11.5 Å². The van der Waals surface area contributed by atoms with Crippen molar-refractivity contribution < 1.29 is 18.7 Å². The molecule has 0 N–H and O–H groups in total. The van der Waals surface area contributed by atoms with Crippen molar-refractivity contribution in [1.82, 2.24) is 4.98 Å². The van der Waals surface area contributed by atoms with Crippen LogP contribution in [0.25, 0.3) is 10.2 Å². The molecule has 0 saturated heterocycles. The summed E-state index contributed by atoms with van der Waals surface area (Å²) >= 11 is 1.39. The van der Waals surface area contributed by atoms with E-state index in [0.717, 1.165) is 15.8 Å². The van der Waals surface area contributed by atoms with Crippen molar-refractivity contribution in [3.63, 3.8) is 0 Å². The number of rotatable bonds is 6. The van der Waals surface area contributed by atoms with Crippen LogP contribution in [0.3, 0.4) is 0 Å². The summed E-state index contributed by atoms with van der Waals surface area (Å²) in [7, 11) is 3.07. The van der Waals surface area contributed by atoms with Gasteiger partial charge in [-0.2, -0.15) is 10.1 Å². The Hall–Kier alpha value is -3.65. The van der Waals surface area contributed by atoms with Gasteiger partial charge >= 0.3 is 0 Å². The molecule has 0 atom stereocenters. The number of aromatic nitrogens is 1. The number of thiazole rings is 1. The average molecular weight is 421 g/mol. The van der Waals surface area contributed by atoms with E-state index < -0.39 is 0 Å². The van der Waals surface area contributed by atoms with Crippen LogP contribution in [0.4, 0.5) is 5.13 Å². The molecule has 2 heterocycles. The van der Waals surface area contributed by atoms with Gasteiger partial charge in [0.1, 0.15) is 5.76 Å². The van der Waals surface area contributed by atoms with E-state index in [4.69, 9.17) is 13.9 Å². The van der Waals surface area contributed by atoms with Crippen LogP contribution in [0, 0.1) is 6.92 Å². The maximum absolute atomic E-state index is 13.4. The second-order valence-electron chi connectivity index (χ2n) is 6.41. The summed E-state index contributed by atoms with van der Waals surface area (Å²) in [6.07, 6.45) is 3.03. The number of carbonyl (C=O) groups is 1. The molecule has 0 fully saturated rings. The summed E-state index contributed by atoms with van der Waals surface area (Å²) < 4.78 is 16.9. The number of carbonyl (C=O) groups excluding carboxylic acids is 1. The van der Waals surface area contributed by atoms with Gasteiger partial charge in [0.05, 0.1) is 36.9 Å². The quantitative estimate of drug-likeness (QED) is 0.327. The fraction of sp³-hybridized carbons (Fsp3) is 0.136. The molecule has 0 aliphatic heterocycles. The molecule has 8 heteroatoms. The van der Waals surface area contributed by atoms with Gasteiger partial charge in [0.15, 0.2) is 11.5 Å². The van der Waals surface area contributed by atoms with E-state index in [-0.39, 0.29) is 5.91 Å². The highest BCUT2D eigenvalue weighted by Gasteiger charge is 2.22. The van der Waals surface area contributed by atoms with Gasteiger partial charge < -0.3 is 13.9 Å². The number of aryl methyl sites for hydroxylation is 1. The zero-order chi connectivity index (χ0) is 21.1. The number of amides is 1. The molecule has 0 unspecified atom stereocenters. The number of ether oxygens (including phenoxy) is 2. The lowest BCUT2D eigenvalue weighted by atomic mass is 10.2. The first-order valence-corrected chi connectivity index (χ1v) is 9.92. The SMILES string of the molecule is COc1ccc(C(=O)N(/N=C/c2ccco2)c2nc3ccc(C)cc3s2)cc1OC. The summed E-state index contributed by atoms with van der Waals surface area (Å²) in [4.78, 5) is 18.0. The molecule has 0 aliphatic carbocycles. The number of benzene rings is 2. The van der Waals surface area contributed by atoms with Gasteiger partial charge in [-0.05, 0) is 55.0 Å². The van der Waals surface area contributed by atoms with Crippen molar-refractivity contribution in [2.45, 2.75) is 6.92 Å². The summed E-state index contributed by atoms with van der Waals surface area (Å²) in [6, 6.07) is 14.4. The van der Waals surface area contributed by atoms with Gasteiger partial charge in [-0.15, -0.1) is 0 Å². The van der Waals surface area contributed by atoms with Crippen molar-refractivity contribution in [1.29, 1.82) is 0 Å². The van der Waals surface area contributed by atoms with E-state index in [1.165, 1.54) is 29.7 Å². The van der Waals surface area contributed by atoms with Crippen molar-refractivity contribution in [2.24, 2.45) is 5.10 Å². The molecule has 1 amide bonds. The Balaban J connectivity index is 1.77. The predicted molar refractivity (Wildman–Crippen MR) is 117 cm³/mol. The first-order chi connectivity index (χ1) is 14.6. The number of furan rings is 1. The predicted octanol–water partition coefficient (Wildman–Crippen LogP) is 4.90. The van der Waals surface area contributed by atoms with E-state index in [1.54, 1.807) is 43.7 Å². The zero-order valence-electron chi connectivity index (χ0n) is 16.7. The molecule has 4 rings (SSSR count). The number of nitrogens with zero attached hydrogens (tertiary/aromatic N) is 3. The Morgan fingerprint density at radius 1 is 1.13 bits per heavy atom. The van der Waals surface area contributed by atoms with Crippen molar-refractivity contribution in [2.75, 3.05) is 19.2 Å². The maximum atomic E-state index is 13.4. The molecule has 0 bridgehead atoms. The lowest BCUT2D eigenvalue weighted by Crippen LogP contribution is -2.25. The Labute approximate surface area is 177 Å². The number of hydrogen-bond acceptors (Lipinski definition) is 7. The fourth-order valence-electron chi connectivity index (χ4n) is 2.87. The summed E-state index contributed by atoms with van der Waals surface area (Å²) in [5.74, 6) is 1.17. The van der Waals surface area contributed by atoms with Crippen LogP contribution in [0.5, 0.6) is 11.5 Å². The molecule has 2 aromatic carbocycles. The first kappa shape index (κ1) is 19.7. The molecule has 152 valence electrons. The Morgan fingerprint density at radius 3 is 2.70 bits per heavy atom. The van der Waals surface area contributed by atoms with Crippen LogP contribution in [0.15, 0.2) is 64.3 Å². The largest absolute Gasteiger partial charge is 0.493 e. The highest BCUT2D eigenvalue weighted by atomic mass is 32.1. The molecule has 7 nitrogen and oxygen atoms in total. The maximum Gasteiger partial charge on any atom is 0.280 e. The minimum atomic E-state index is -0.352. The van der Waals surface area contributed by atoms with Gasteiger partial charge in [0.25, 0.3) is 5.91 Å². The molecule has 2 aromatic heterocycles. The Morgan fingerprint density at radius 2 is 1.97 bits per heavy atom. The Kier molecular flexibility index (Phi) is 5.49. The number of methoxy groups -OCH3 is 2. The molecular weight excluding hydrogens is 402 g/mol. The summed E-state index contributed by atoms with van der Waals surface area (Å²) in [5.41, 5.74) is 2.31. The van der Waals surface area contributed by atoms with Gasteiger partial charge in [-0.25, -0.2) is 4.98 Å². The zero-order valence-corrected chi connectivity index (χ0v) is 17.5. The van der Waals surface area contributed by atoms with Crippen LogP contribution in [0.2, 0.25) is 0 Å². The average Bonchev–Trinajstić information content (AvgIpc) is 3.42. The van der Waals surface area contributed by atoms with E-state index in [1.807, 2.05) is 25.1 Å². The van der Waals surface area contributed by atoms with Crippen LogP contribution < -0.4 is 14.5 Å². The molecule has 0 radical (unpaired) electrons. The number of hydrazone groups is 1. The minimum Gasteiger partial charge on any atom is -0.493 e. The van der Waals surface area contributed by atoms with Crippen LogP contribution in [-0.4, -0.2) is 31.3 Å². The minimum absolute atomic E-state index is 0.352. The highest BCUT2D eigenvalue weighted by Crippen LogP contribution is 2.32. The van der Waals surface area contributed by atoms with Gasteiger partial charge in [-0.1, -0.05) is 17.4 Å².